The molecule has 0 aliphatic carbocycles. The number of halogens is 1. The summed E-state index contributed by atoms with van der Waals surface area (Å²) in [5.74, 6) is -0.122. The molecule has 0 bridgehead atoms. The quantitative estimate of drug-likeness (QED) is 0.924. The molecule has 0 aromatic heterocycles. The van der Waals surface area contributed by atoms with Crippen molar-refractivity contribution in [2.45, 2.75) is 20.8 Å². The van der Waals surface area contributed by atoms with Gasteiger partial charge in [0.2, 0.25) is 5.91 Å². The van der Waals surface area contributed by atoms with Crippen molar-refractivity contribution in [1.29, 1.82) is 0 Å². The minimum absolute atomic E-state index is 0.102. The van der Waals surface area contributed by atoms with E-state index in [1.54, 1.807) is 0 Å². The SMILES string of the molecule is CCOCC(=O)Nc1cc(C)c(Br)c(C)c1. The van der Waals surface area contributed by atoms with Crippen molar-refractivity contribution in [3.63, 3.8) is 0 Å². The van der Waals surface area contributed by atoms with Gasteiger partial charge in [-0.3, -0.25) is 4.79 Å². The van der Waals surface area contributed by atoms with Gasteiger partial charge in [-0.05, 0) is 44.0 Å². The Balaban J connectivity index is 2.71. The Hall–Kier alpha value is -0.870. The van der Waals surface area contributed by atoms with Crippen LogP contribution in [0.2, 0.25) is 0 Å². The van der Waals surface area contributed by atoms with Crippen LogP contribution in [-0.4, -0.2) is 19.1 Å². The number of carbonyl (C=O) groups excluding carboxylic acids is 1. The Morgan fingerprint density at radius 2 is 1.94 bits per heavy atom. The Bertz CT molecular complexity index is 368. The highest BCUT2D eigenvalue weighted by molar-refractivity contribution is 9.10. The first kappa shape index (κ1) is 13.2. The predicted octanol–water partition coefficient (Wildman–Crippen LogP) is 3.04. The molecule has 4 heteroatoms. The highest BCUT2D eigenvalue weighted by Gasteiger charge is 2.05. The molecule has 0 aliphatic rings. The number of ether oxygens (including phenoxy) is 1. The second-order valence-corrected chi connectivity index (χ2v) is 4.40. The summed E-state index contributed by atoms with van der Waals surface area (Å²) in [4.78, 5) is 11.4. The van der Waals surface area contributed by atoms with Gasteiger partial charge in [-0.15, -0.1) is 0 Å². The number of hydrogen-bond acceptors (Lipinski definition) is 2. The van der Waals surface area contributed by atoms with E-state index in [4.69, 9.17) is 4.74 Å². The average molecular weight is 286 g/mol. The number of aryl methyl sites for hydroxylation is 2. The topological polar surface area (TPSA) is 38.3 Å². The average Bonchev–Trinajstić information content (AvgIpc) is 2.23. The smallest absolute Gasteiger partial charge is 0.250 e. The van der Waals surface area contributed by atoms with E-state index in [1.165, 1.54) is 0 Å². The molecule has 0 fully saturated rings. The first-order valence-corrected chi connectivity index (χ1v) is 5.98. The normalized spacial score (nSPS) is 10.2. The Kier molecular flexibility index (Phi) is 4.96. The van der Waals surface area contributed by atoms with E-state index in [1.807, 2.05) is 32.9 Å². The van der Waals surface area contributed by atoms with Gasteiger partial charge < -0.3 is 10.1 Å². The molecule has 0 heterocycles. The zero-order chi connectivity index (χ0) is 12.1. The second-order valence-electron chi connectivity index (χ2n) is 3.61. The predicted molar refractivity (Wildman–Crippen MR) is 68.7 cm³/mol. The minimum atomic E-state index is -0.122. The van der Waals surface area contributed by atoms with Gasteiger partial charge in [0.05, 0.1) is 0 Å². The van der Waals surface area contributed by atoms with Crippen molar-refractivity contribution < 1.29 is 9.53 Å². The monoisotopic (exact) mass is 285 g/mol. The van der Waals surface area contributed by atoms with Crippen LogP contribution in [0.4, 0.5) is 5.69 Å². The third-order valence-electron chi connectivity index (χ3n) is 2.16. The number of rotatable bonds is 4. The van der Waals surface area contributed by atoms with Gasteiger partial charge in [-0.1, -0.05) is 15.9 Å². The van der Waals surface area contributed by atoms with Gasteiger partial charge in [-0.25, -0.2) is 0 Å². The van der Waals surface area contributed by atoms with Crippen LogP contribution in [0.3, 0.4) is 0 Å². The molecule has 0 saturated heterocycles. The molecule has 88 valence electrons. The lowest BCUT2D eigenvalue weighted by Gasteiger charge is -2.09. The number of nitrogens with one attached hydrogen (secondary N) is 1. The van der Waals surface area contributed by atoms with Crippen LogP contribution in [0.25, 0.3) is 0 Å². The van der Waals surface area contributed by atoms with Gasteiger partial charge in [0, 0.05) is 16.8 Å². The third-order valence-corrected chi connectivity index (χ3v) is 3.41. The van der Waals surface area contributed by atoms with Crippen molar-refractivity contribution in [1.82, 2.24) is 0 Å². The Morgan fingerprint density at radius 1 is 1.38 bits per heavy atom. The Morgan fingerprint density at radius 3 is 2.44 bits per heavy atom. The lowest BCUT2D eigenvalue weighted by Crippen LogP contribution is -2.18. The van der Waals surface area contributed by atoms with Gasteiger partial charge in [0.1, 0.15) is 6.61 Å². The molecule has 1 N–H and O–H groups in total. The molecule has 0 atom stereocenters. The zero-order valence-corrected chi connectivity index (χ0v) is 11.3. The van der Waals surface area contributed by atoms with Crippen LogP contribution in [0, 0.1) is 13.8 Å². The second kappa shape index (κ2) is 6.01. The van der Waals surface area contributed by atoms with Gasteiger partial charge >= 0.3 is 0 Å². The lowest BCUT2D eigenvalue weighted by atomic mass is 10.1. The van der Waals surface area contributed by atoms with Crippen molar-refractivity contribution in [2.24, 2.45) is 0 Å². The molecule has 0 radical (unpaired) electrons. The van der Waals surface area contributed by atoms with Crippen molar-refractivity contribution in [2.75, 3.05) is 18.5 Å². The molecule has 0 aliphatic heterocycles. The number of carbonyl (C=O) groups is 1. The summed E-state index contributed by atoms with van der Waals surface area (Å²) in [7, 11) is 0. The summed E-state index contributed by atoms with van der Waals surface area (Å²) in [6.07, 6.45) is 0. The highest BCUT2D eigenvalue weighted by atomic mass is 79.9. The fraction of sp³-hybridized carbons (Fsp3) is 0.417. The van der Waals surface area contributed by atoms with Crippen LogP contribution in [0.5, 0.6) is 0 Å². The summed E-state index contributed by atoms with van der Waals surface area (Å²) in [5, 5.41) is 2.80. The maximum Gasteiger partial charge on any atom is 0.250 e. The fourth-order valence-electron chi connectivity index (χ4n) is 1.41. The van der Waals surface area contributed by atoms with Gasteiger partial charge in [-0.2, -0.15) is 0 Å². The van der Waals surface area contributed by atoms with Crippen molar-refractivity contribution in [3.05, 3.63) is 27.7 Å². The van der Waals surface area contributed by atoms with E-state index >= 15 is 0 Å². The van der Waals surface area contributed by atoms with Crippen LogP contribution in [-0.2, 0) is 9.53 Å². The first-order chi connectivity index (χ1) is 7.54. The third kappa shape index (κ3) is 3.61. The standard InChI is InChI=1S/C12H16BrNO2/c1-4-16-7-11(15)14-10-5-8(2)12(13)9(3)6-10/h5-6H,4,7H2,1-3H3,(H,14,15). The molecular formula is C12H16BrNO2. The number of hydrogen-bond donors (Lipinski definition) is 1. The largest absolute Gasteiger partial charge is 0.372 e. The lowest BCUT2D eigenvalue weighted by molar-refractivity contribution is -0.120. The highest BCUT2D eigenvalue weighted by Crippen LogP contribution is 2.24. The molecule has 1 aromatic carbocycles. The molecule has 1 amide bonds. The van der Waals surface area contributed by atoms with E-state index in [0.717, 1.165) is 21.3 Å². The summed E-state index contributed by atoms with van der Waals surface area (Å²) in [6.45, 7) is 6.50. The van der Waals surface area contributed by atoms with Crippen LogP contribution in [0.1, 0.15) is 18.1 Å². The Labute approximate surface area is 104 Å². The zero-order valence-electron chi connectivity index (χ0n) is 9.76. The molecule has 1 rings (SSSR count). The van der Waals surface area contributed by atoms with E-state index < -0.39 is 0 Å². The van der Waals surface area contributed by atoms with Crippen molar-refractivity contribution >= 4 is 27.5 Å². The van der Waals surface area contributed by atoms with Crippen molar-refractivity contribution in [3.8, 4) is 0 Å². The van der Waals surface area contributed by atoms with E-state index in [9.17, 15) is 4.79 Å². The molecular weight excluding hydrogens is 270 g/mol. The minimum Gasteiger partial charge on any atom is -0.372 e. The maximum atomic E-state index is 11.4. The molecule has 0 unspecified atom stereocenters. The summed E-state index contributed by atoms with van der Waals surface area (Å²) in [6, 6.07) is 3.86. The van der Waals surface area contributed by atoms with Crippen LogP contribution >= 0.6 is 15.9 Å². The summed E-state index contributed by atoms with van der Waals surface area (Å²) >= 11 is 3.48. The fourth-order valence-corrected chi connectivity index (χ4v) is 1.64. The molecule has 1 aromatic rings. The van der Waals surface area contributed by atoms with Gasteiger partial charge in [0.25, 0.3) is 0 Å². The number of anilines is 1. The summed E-state index contributed by atoms with van der Waals surface area (Å²) < 4.78 is 6.11. The number of benzene rings is 1. The van der Waals surface area contributed by atoms with Crippen LogP contribution in [0.15, 0.2) is 16.6 Å². The van der Waals surface area contributed by atoms with Crippen LogP contribution < -0.4 is 5.32 Å². The molecule has 3 nitrogen and oxygen atoms in total. The first-order valence-electron chi connectivity index (χ1n) is 5.19. The summed E-state index contributed by atoms with van der Waals surface area (Å²) in [5.41, 5.74) is 3.02. The molecule has 0 saturated carbocycles. The van der Waals surface area contributed by atoms with E-state index in [0.29, 0.717) is 6.61 Å². The number of amides is 1. The van der Waals surface area contributed by atoms with E-state index in [-0.39, 0.29) is 12.5 Å². The maximum absolute atomic E-state index is 11.4. The van der Waals surface area contributed by atoms with Gasteiger partial charge in [0.15, 0.2) is 0 Å². The molecule has 0 spiro atoms. The molecule has 16 heavy (non-hydrogen) atoms. The van der Waals surface area contributed by atoms with E-state index in [2.05, 4.69) is 21.2 Å².